The molecule has 0 aliphatic carbocycles. The van der Waals surface area contributed by atoms with Gasteiger partial charge in [-0.05, 0) is 56.9 Å². The number of piperidine rings is 1. The van der Waals surface area contributed by atoms with Gasteiger partial charge in [0.25, 0.3) is 0 Å². The summed E-state index contributed by atoms with van der Waals surface area (Å²) in [5, 5.41) is 8.77. The van der Waals surface area contributed by atoms with Crippen LogP contribution in [0.4, 0.5) is 5.69 Å². The number of hydrogen-bond donors (Lipinski definition) is 2. The predicted molar refractivity (Wildman–Crippen MR) is 111 cm³/mol. The molecule has 4 N–H and O–H groups in total. The van der Waals surface area contributed by atoms with Crippen molar-refractivity contribution in [3.8, 4) is 10.6 Å². The summed E-state index contributed by atoms with van der Waals surface area (Å²) in [6, 6.07) is 8.70. The van der Waals surface area contributed by atoms with Gasteiger partial charge in [0.1, 0.15) is 5.01 Å². The van der Waals surface area contributed by atoms with E-state index < -0.39 is 0 Å². The van der Waals surface area contributed by atoms with Crippen molar-refractivity contribution < 1.29 is 0 Å². The summed E-state index contributed by atoms with van der Waals surface area (Å²) in [5.74, 6) is 0.717. The molecule has 1 fully saturated rings. The zero-order valence-corrected chi connectivity index (χ0v) is 16.4. The quantitative estimate of drug-likeness (QED) is 0.490. The molecule has 1 aromatic carbocycles. The van der Waals surface area contributed by atoms with E-state index >= 15 is 0 Å². The fourth-order valence-corrected chi connectivity index (χ4v) is 4.28. The Morgan fingerprint density at radius 2 is 1.96 bits per heavy atom. The molecule has 138 valence electrons. The highest BCUT2D eigenvalue weighted by molar-refractivity contribution is 7.17. The van der Waals surface area contributed by atoms with Gasteiger partial charge in [-0.3, -0.25) is 0 Å². The second-order valence-electron chi connectivity index (χ2n) is 6.88. The molecule has 2 aromatic rings. The Morgan fingerprint density at radius 1 is 1.23 bits per heavy atom. The Hall–Kier alpha value is -2.41. The van der Waals surface area contributed by atoms with E-state index in [1.165, 1.54) is 18.5 Å². The van der Waals surface area contributed by atoms with Crippen LogP contribution < -0.4 is 16.4 Å². The first-order valence-corrected chi connectivity index (χ1v) is 9.72. The summed E-state index contributed by atoms with van der Waals surface area (Å²) in [5.41, 5.74) is 14.8. The standard InChI is InChI=1S/C19H26N6S/c1-12-5-4-10-25(11-12)16-8-6-15(7-9-16)18-22-13(2)17(26-18)14(3)23-24-19(20)21/h6-9,12H,4-5,10-11H2,1-3H3,(H4,20,21,24)/b23-14+. The van der Waals surface area contributed by atoms with Crippen LogP contribution >= 0.6 is 11.3 Å². The topological polar surface area (TPSA) is 92.9 Å². The molecule has 0 radical (unpaired) electrons. The van der Waals surface area contributed by atoms with Crippen molar-refractivity contribution in [2.24, 2.45) is 27.6 Å². The van der Waals surface area contributed by atoms with Crippen LogP contribution in [0.15, 0.2) is 34.5 Å². The highest BCUT2D eigenvalue weighted by Crippen LogP contribution is 2.31. The van der Waals surface area contributed by atoms with Crippen LogP contribution in [-0.2, 0) is 0 Å². The van der Waals surface area contributed by atoms with Crippen LogP contribution in [0.25, 0.3) is 10.6 Å². The van der Waals surface area contributed by atoms with E-state index in [9.17, 15) is 0 Å². The molecule has 1 aromatic heterocycles. The summed E-state index contributed by atoms with van der Waals surface area (Å²) in [6.45, 7) is 8.47. The second-order valence-corrected chi connectivity index (χ2v) is 7.88. The van der Waals surface area contributed by atoms with Gasteiger partial charge in [0.05, 0.1) is 16.3 Å². The minimum Gasteiger partial charge on any atom is -0.371 e. The normalized spacial score (nSPS) is 18.0. The summed E-state index contributed by atoms with van der Waals surface area (Å²) in [4.78, 5) is 8.17. The van der Waals surface area contributed by atoms with E-state index in [4.69, 9.17) is 16.5 Å². The molecule has 7 heteroatoms. The van der Waals surface area contributed by atoms with Crippen molar-refractivity contribution in [2.45, 2.75) is 33.6 Å². The third kappa shape index (κ3) is 4.22. The molecule has 0 saturated carbocycles. The number of thiazole rings is 1. The summed E-state index contributed by atoms with van der Waals surface area (Å²) in [6.07, 6.45) is 2.60. The Balaban J connectivity index is 1.80. The van der Waals surface area contributed by atoms with Crippen LogP contribution in [0.2, 0.25) is 0 Å². The maximum atomic E-state index is 5.34. The van der Waals surface area contributed by atoms with Gasteiger partial charge in [-0.1, -0.05) is 6.92 Å². The fraction of sp³-hybridized carbons (Fsp3) is 0.421. The van der Waals surface area contributed by atoms with Gasteiger partial charge >= 0.3 is 0 Å². The molecular weight excluding hydrogens is 344 g/mol. The van der Waals surface area contributed by atoms with Crippen molar-refractivity contribution in [3.05, 3.63) is 34.8 Å². The lowest BCUT2D eigenvalue weighted by Crippen LogP contribution is -2.34. The molecule has 3 rings (SSSR count). The van der Waals surface area contributed by atoms with Gasteiger partial charge in [-0.25, -0.2) is 4.98 Å². The first-order valence-electron chi connectivity index (χ1n) is 8.90. The van der Waals surface area contributed by atoms with E-state index in [0.717, 1.165) is 45.9 Å². The van der Waals surface area contributed by atoms with Crippen LogP contribution in [0.1, 0.15) is 37.3 Å². The number of nitrogens with two attached hydrogens (primary N) is 2. The first-order chi connectivity index (χ1) is 12.4. The molecule has 1 saturated heterocycles. The van der Waals surface area contributed by atoms with Crippen LogP contribution in [0.5, 0.6) is 0 Å². The van der Waals surface area contributed by atoms with Gasteiger partial charge in [-0.2, -0.15) is 5.10 Å². The molecule has 6 nitrogen and oxygen atoms in total. The third-order valence-electron chi connectivity index (χ3n) is 4.58. The monoisotopic (exact) mass is 370 g/mol. The molecule has 0 amide bonds. The highest BCUT2D eigenvalue weighted by Gasteiger charge is 2.17. The fourth-order valence-electron chi connectivity index (χ4n) is 3.27. The van der Waals surface area contributed by atoms with Crippen molar-refractivity contribution in [1.29, 1.82) is 0 Å². The van der Waals surface area contributed by atoms with Crippen molar-refractivity contribution >= 4 is 28.7 Å². The molecule has 1 aliphatic rings. The van der Waals surface area contributed by atoms with Crippen LogP contribution in [0, 0.1) is 12.8 Å². The van der Waals surface area contributed by atoms with Gasteiger partial charge < -0.3 is 16.4 Å². The Bertz CT molecular complexity index is 817. The minimum absolute atomic E-state index is 0.0469. The average molecular weight is 371 g/mol. The number of benzene rings is 1. The minimum atomic E-state index is -0.0469. The van der Waals surface area contributed by atoms with Crippen LogP contribution in [-0.4, -0.2) is 29.7 Å². The smallest absolute Gasteiger partial charge is 0.211 e. The lowest BCUT2D eigenvalue weighted by Gasteiger charge is -2.32. The third-order valence-corrected chi connectivity index (χ3v) is 5.89. The Kier molecular flexibility index (Phi) is 5.56. The molecule has 1 aliphatic heterocycles. The van der Waals surface area contributed by atoms with E-state index in [-0.39, 0.29) is 5.96 Å². The van der Waals surface area contributed by atoms with E-state index in [2.05, 4.69) is 46.3 Å². The van der Waals surface area contributed by atoms with Crippen molar-refractivity contribution in [2.75, 3.05) is 18.0 Å². The maximum absolute atomic E-state index is 5.34. The Morgan fingerprint density at radius 3 is 2.62 bits per heavy atom. The van der Waals surface area contributed by atoms with E-state index in [1.54, 1.807) is 11.3 Å². The van der Waals surface area contributed by atoms with Gasteiger partial charge in [-0.15, -0.1) is 16.4 Å². The predicted octanol–water partition coefficient (Wildman–Crippen LogP) is 3.35. The molecule has 0 spiro atoms. The number of aryl methyl sites for hydroxylation is 1. The lowest BCUT2D eigenvalue weighted by molar-refractivity contribution is 0.447. The van der Waals surface area contributed by atoms with Crippen molar-refractivity contribution in [3.63, 3.8) is 0 Å². The largest absolute Gasteiger partial charge is 0.371 e. The molecule has 1 unspecified atom stereocenters. The second kappa shape index (κ2) is 7.86. The van der Waals surface area contributed by atoms with E-state index in [0.29, 0.717) is 0 Å². The molecule has 0 bridgehead atoms. The molecule has 2 heterocycles. The van der Waals surface area contributed by atoms with Gasteiger partial charge in [0, 0.05) is 24.3 Å². The zero-order valence-electron chi connectivity index (χ0n) is 15.6. The molecular formula is C19H26N6S. The number of nitrogens with zero attached hydrogens (tertiary/aromatic N) is 4. The number of aromatic nitrogens is 1. The van der Waals surface area contributed by atoms with Crippen molar-refractivity contribution in [1.82, 2.24) is 4.98 Å². The summed E-state index contributed by atoms with van der Waals surface area (Å²) < 4.78 is 0. The number of rotatable bonds is 4. The molecule has 26 heavy (non-hydrogen) atoms. The lowest BCUT2D eigenvalue weighted by atomic mass is 9.99. The first kappa shape index (κ1) is 18.4. The average Bonchev–Trinajstić information content (AvgIpc) is 3.01. The number of anilines is 1. The zero-order chi connectivity index (χ0) is 18.7. The molecule has 1 atom stereocenters. The summed E-state index contributed by atoms with van der Waals surface area (Å²) in [7, 11) is 0. The maximum Gasteiger partial charge on any atom is 0.211 e. The van der Waals surface area contributed by atoms with Crippen LogP contribution in [0.3, 0.4) is 0 Å². The highest BCUT2D eigenvalue weighted by atomic mass is 32.1. The number of hydrogen-bond acceptors (Lipinski definition) is 5. The van der Waals surface area contributed by atoms with Gasteiger partial charge in [0.15, 0.2) is 0 Å². The Labute approximate surface area is 158 Å². The number of guanidine groups is 1. The SMILES string of the molecule is C/C(=N\N=C(N)N)c1sc(-c2ccc(N3CCCC(C)C3)cc2)nc1C. The van der Waals surface area contributed by atoms with E-state index in [1.807, 2.05) is 13.8 Å². The summed E-state index contributed by atoms with van der Waals surface area (Å²) >= 11 is 1.61. The van der Waals surface area contributed by atoms with Gasteiger partial charge in [0.2, 0.25) is 5.96 Å².